The van der Waals surface area contributed by atoms with Gasteiger partial charge in [0.15, 0.2) is 5.78 Å². The van der Waals surface area contributed by atoms with E-state index in [1.807, 2.05) is 27.7 Å². The van der Waals surface area contributed by atoms with E-state index >= 15 is 0 Å². The molecule has 1 N–H and O–H groups in total. The topological polar surface area (TPSA) is 55.8 Å². The van der Waals surface area contributed by atoms with Crippen molar-refractivity contribution in [3.63, 3.8) is 0 Å². The van der Waals surface area contributed by atoms with Crippen molar-refractivity contribution in [1.29, 1.82) is 0 Å². The molecular weight excluding hydrogens is 244 g/mol. The quantitative estimate of drug-likeness (QED) is 0.615. The van der Waals surface area contributed by atoms with Crippen molar-refractivity contribution in [1.82, 2.24) is 0 Å². The van der Waals surface area contributed by atoms with Gasteiger partial charge in [0.2, 0.25) is 0 Å². The van der Waals surface area contributed by atoms with E-state index in [1.165, 1.54) is 0 Å². The molecule has 1 aliphatic heterocycles. The zero-order valence-electron chi connectivity index (χ0n) is 12.0. The number of aliphatic hydroxyl groups excluding tert-OH is 1. The monoisotopic (exact) mass is 266 g/mol. The summed E-state index contributed by atoms with van der Waals surface area (Å²) < 4.78 is 0. The molecular formula is C15H22O4. The molecule has 0 saturated carbocycles. The summed E-state index contributed by atoms with van der Waals surface area (Å²) in [6, 6.07) is 0. The summed E-state index contributed by atoms with van der Waals surface area (Å²) in [6.45, 7) is 7.75. The first-order valence-corrected chi connectivity index (χ1v) is 6.67. The lowest BCUT2D eigenvalue weighted by Gasteiger charge is -2.49. The fourth-order valence-electron chi connectivity index (χ4n) is 3.03. The molecule has 0 spiro atoms. The molecule has 4 heteroatoms. The predicted octanol–water partition coefficient (Wildman–Crippen LogP) is 2.19. The maximum absolute atomic E-state index is 12.1. The van der Waals surface area contributed by atoms with Gasteiger partial charge in [0.05, 0.1) is 6.61 Å². The molecule has 3 atom stereocenters. The molecule has 2 aliphatic rings. The molecule has 0 bridgehead atoms. The number of carbonyl (C=O) groups is 1. The number of rotatable bonds is 2. The second-order valence-electron chi connectivity index (χ2n) is 6.19. The van der Waals surface area contributed by atoms with E-state index in [9.17, 15) is 4.79 Å². The van der Waals surface area contributed by atoms with Crippen LogP contribution in [0.25, 0.3) is 0 Å². The number of ketones is 1. The SMILES string of the molecule is C/C(=C\CO)[C@H]1C[C@@H]2C(C)(C)C(=O)C=C[C@]2(C)OO1. The molecule has 0 aromatic carbocycles. The van der Waals surface area contributed by atoms with Crippen molar-refractivity contribution < 1.29 is 19.7 Å². The molecule has 19 heavy (non-hydrogen) atoms. The lowest BCUT2D eigenvalue weighted by Crippen LogP contribution is -2.55. The van der Waals surface area contributed by atoms with Crippen LogP contribution in [0.15, 0.2) is 23.8 Å². The van der Waals surface area contributed by atoms with E-state index in [0.29, 0.717) is 6.42 Å². The van der Waals surface area contributed by atoms with E-state index in [2.05, 4.69) is 0 Å². The van der Waals surface area contributed by atoms with E-state index in [0.717, 1.165) is 5.57 Å². The number of allylic oxidation sites excluding steroid dienone is 1. The minimum Gasteiger partial charge on any atom is -0.392 e. The number of fused-ring (bicyclic) bond motifs is 1. The van der Waals surface area contributed by atoms with Crippen LogP contribution in [0.3, 0.4) is 0 Å². The van der Waals surface area contributed by atoms with Crippen LogP contribution >= 0.6 is 0 Å². The average molecular weight is 266 g/mol. The molecule has 1 aliphatic carbocycles. The van der Waals surface area contributed by atoms with Crippen LogP contribution in [0.5, 0.6) is 0 Å². The van der Waals surface area contributed by atoms with Gasteiger partial charge in [-0.25, -0.2) is 9.78 Å². The minimum absolute atomic E-state index is 0.0180. The van der Waals surface area contributed by atoms with Gasteiger partial charge in [-0.1, -0.05) is 19.9 Å². The Bertz CT molecular complexity index is 435. The highest BCUT2D eigenvalue weighted by atomic mass is 17.2. The van der Waals surface area contributed by atoms with Crippen molar-refractivity contribution in [2.45, 2.75) is 45.8 Å². The Balaban J connectivity index is 2.29. The van der Waals surface area contributed by atoms with Gasteiger partial charge in [-0.3, -0.25) is 4.79 Å². The Morgan fingerprint density at radius 2 is 2.21 bits per heavy atom. The standard InChI is InChI=1S/C15H22O4/c1-10(6-8-16)11-9-12-14(2,3)13(17)5-7-15(12,4)19-18-11/h5-7,11-12,16H,8-9H2,1-4H3/b10-6+/t11-,12-,15+/m1/s1. The van der Waals surface area contributed by atoms with Crippen molar-refractivity contribution in [2.75, 3.05) is 6.61 Å². The first-order chi connectivity index (χ1) is 8.81. The molecule has 0 amide bonds. The first kappa shape index (κ1) is 14.4. The Hall–Kier alpha value is -0.970. The highest BCUT2D eigenvalue weighted by molar-refractivity contribution is 5.95. The van der Waals surface area contributed by atoms with Crippen LogP contribution in [0.4, 0.5) is 0 Å². The molecule has 0 aromatic heterocycles. The van der Waals surface area contributed by atoms with E-state index in [1.54, 1.807) is 18.2 Å². The number of hydrogen-bond acceptors (Lipinski definition) is 4. The van der Waals surface area contributed by atoms with Crippen molar-refractivity contribution in [2.24, 2.45) is 11.3 Å². The summed E-state index contributed by atoms with van der Waals surface area (Å²) in [7, 11) is 0. The van der Waals surface area contributed by atoms with Crippen LogP contribution < -0.4 is 0 Å². The van der Waals surface area contributed by atoms with Crippen LogP contribution in [0.1, 0.15) is 34.1 Å². The van der Waals surface area contributed by atoms with Crippen molar-refractivity contribution >= 4 is 5.78 Å². The van der Waals surface area contributed by atoms with Crippen molar-refractivity contribution in [3.8, 4) is 0 Å². The lowest BCUT2D eigenvalue weighted by atomic mass is 9.62. The Labute approximate surface area is 114 Å². The molecule has 0 aromatic rings. The second kappa shape index (κ2) is 4.85. The Morgan fingerprint density at radius 1 is 1.53 bits per heavy atom. The zero-order valence-corrected chi connectivity index (χ0v) is 12.0. The molecule has 106 valence electrons. The first-order valence-electron chi connectivity index (χ1n) is 6.67. The van der Waals surface area contributed by atoms with Crippen LogP contribution in [0.2, 0.25) is 0 Å². The van der Waals surface area contributed by atoms with Gasteiger partial charge in [-0.2, -0.15) is 0 Å². The fourth-order valence-corrected chi connectivity index (χ4v) is 3.03. The van der Waals surface area contributed by atoms with E-state index in [4.69, 9.17) is 14.9 Å². The van der Waals surface area contributed by atoms with Gasteiger partial charge < -0.3 is 5.11 Å². The third kappa shape index (κ3) is 2.40. The summed E-state index contributed by atoms with van der Waals surface area (Å²) in [5.41, 5.74) is -0.0966. The van der Waals surface area contributed by atoms with Crippen LogP contribution in [-0.2, 0) is 14.6 Å². The molecule has 1 heterocycles. The smallest absolute Gasteiger partial charge is 0.161 e. The van der Waals surface area contributed by atoms with E-state index < -0.39 is 11.0 Å². The van der Waals surface area contributed by atoms with Gasteiger partial charge in [0.25, 0.3) is 0 Å². The normalized spacial score (nSPS) is 38.2. The Kier molecular flexibility index (Phi) is 3.69. The van der Waals surface area contributed by atoms with E-state index in [-0.39, 0.29) is 24.4 Å². The zero-order chi connectivity index (χ0) is 14.3. The Morgan fingerprint density at radius 3 is 2.84 bits per heavy atom. The summed E-state index contributed by atoms with van der Waals surface area (Å²) in [4.78, 5) is 23.1. The molecule has 4 nitrogen and oxygen atoms in total. The van der Waals surface area contributed by atoms with Crippen LogP contribution in [-0.4, -0.2) is 29.2 Å². The van der Waals surface area contributed by atoms with Gasteiger partial charge in [0.1, 0.15) is 11.7 Å². The van der Waals surface area contributed by atoms with Gasteiger partial charge in [0, 0.05) is 11.3 Å². The minimum atomic E-state index is -0.562. The number of aliphatic hydroxyl groups is 1. The number of hydrogen-bond donors (Lipinski definition) is 1. The predicted molar refractivity (Wildman–Crippen MR) is 71.2 cm³/mol. The molecule has 2 rings (SSSR count). The van der Waals surface area contributed by atoms with Crippen molar-refractivity contribution in [3.05, 3.63) is 23.8 Å². The summed E-state index contributed by atoms with van der Waals surface area (Å²) in [6.07, 6.45) is 5.61. The molecule has 1 fully saturated rings. The van der Waals surface area contributed by atoms with Crippen LogP contribution in [0, 0.1) is 11.3 Å². The van der Waals surface area contributed by atoms with Gasteiger partial charge in [-0.15, -0.1) is 0 Å². The van der Waals surface area contributed by atoms with Gasteiger partial charge in [-0.05, 0) is 38.0 Å². The second-order valence-corrected chi connectivity index (χ2v) is 6.19. The fraction of sp³-hybridized carbons (Fsp3) is 0.667. The maximum atomic E-state index is 12.1. The highest BCUT2D eigenvalue weighted by Gasteiger charge is 2.53. The summed E-state index contributed by atoms with van der Waals surface area (Å²) in [5, 5.41) is 8.96. The molecule has 0 unspecified atom stereocenters. The van der Waals surface area contributed by atoms with Gasteiger partial charge >= 0.3 is 0 Å². The number of carbonyl (C=O) groups excluding carboxylic acids is 1. The third-order valence-corrected chi connectivity index (χ3v) is 4.48. The maximum Gasteiger partial charge on any atom is 0.161 e. The molecule has 0 radical (unpaired) electrons. The average Bonchev–Trinajstić information content (AvgIpc) is 2.35. The summed E-state index contributed by atoms with van der Waals surface area (Å²) in [5.74, 6) is 0.182. The molecule has 1 saturated heterocycles. The largest absolute Gasteiger partial charge is 0.392 e. The highest BCUT2D eigenvalue weighted by Crippen LogP contribution is 2.48. The third-order valence-electron chi connectivity index (χ3n) is 4.48. The summed E-state index contributed by atoms with van der Waals surface area (Å²) >= 11 is 0. The lowest BCUT2D eigenvalue weighted by molar-refractivity contribution is -0.406.